The Morgan fingerprint density at radius 1 is 0.400 bits per heavy atom. The Labute approximate surface area is 465 Å². The van der Waals surface area contributed by atoms with Crippen molar-refractivity contribution in [3.05, 3.63) is 0 Å². The second-order valence-corrected chi connectivity index (χ2v) is 24.0. The Hall–Kier alpha value is -0.810. The summed E-state index contributed by atoms with van der Waals surface area (Å²) in [4.78, 5) is 13.1. The van der Waals surface area contributed by atoms with Crippen LogP contribution in [0.3, 0.4) is 0 Å². The van der Waals surface area contributed by atoms with Crippen LogP contribution in [0.2, 0.25) is 0 Å². The van der Waals surface area contributed by atoms with Gasteiger partial charge in [0.15, 0.2) is 6.29 Å². The smallest absolute Gasteiger partial charge is 0.220 e. The van der Waals surface area contributed by atoms with E-state index in [1.54, 1.807) is 0 Å². The fourth-order valence-electron chi connectivity index (χ4n) is 11.4. The first kappa shape index (κ1) is 72.2. The number of aliphatic hydroxyl groups excluding tert-OH is 5. The third-order valence-corrected chi connectivity index (χ3v) is 16.7. The summed E-state index contributed by atoms with van der Waals surface area (Å²) in [6.45, 7) is 3.90. The molecule has 7 atom stereocenters. The van der Waals surface area contributed by atoms with Gasteiger partial charge in [0, 0.05) is 6.42 Å². The molecular weight excluding hydrogens is 935 g/mol. The molecule has 0 aliphatic carbocycles. The van der Waals surface area contributed by atoms with Crippen molar-refractivity contribution in [2.45, 2.75) is 403 Å². The van der Waals surface area contributed by atoms with E-state index in [1.807, 2.05) is 0 Å². The van der Waals surface area contributed by atoms with E-state index in [1.165, 1.54) is 295 Å². The highest BCUT2D eigenvalue weighted by molar-refractivity contribution is 5.76. The number of carbonyl (C=O) groups is 1. The van der Waals surface area contributed by atoms with E-state index in [0.29, 0.717) is 12.8 Å². The molecule has 1 heterocycles. The first-order valence-electron chi connectivity index (χ1n) is 33.7. The van der Waals surface area contributed by atoms with E-state index in [4.69, 9.17) is 9.47 Å². The van der Waals surface area contributed by atoms with Crippen molar-refractivity contribution in [3.8, 4) is 0 Å². The fourth-order valence-corrected chi connectivity index (χ4v) is 11.4. The molecule has 0 aromatic carbocycles. The lowest BCUT2D eigenvalue weighted by atomic mass is 9.99. The first-order valence-corrected chi connectivity index (χ1v) is 33.7. The Balaban J connectivity index is 2.09. The number of hydrogen-bond acceptors (Lipinski definition) is 8. The molecule has 75 heavy (non-hydrogen) atoms. The van der Waals surface area contributed by atoms with E-state index in [-0.39, 0.29) is 12.5 Å². The van der Waals surface area contributed by atoms with E-state index < -0.39 is 49.5 Å². The summed E-state index contributed by atoms with van der Waals surface area (Å²) in [6, 6.07) is -0.714. The summed E-state index contributed by atoms with van der Waals surface area (Å²) >= 11 is 0. The maximum Gasteiger partial charge on any atom is 0.220 e. The van der Waals surface area contributed by atoms with Crippen molar-refractivity contribution >= 4 is 5.91 Å². The predicted molar refractivity (Wildman–Crippen MR) is 318 cm³/mol. The molecule has 9 nitrogen and oxygen atoms in total. The van der Waals surface area contributed by atoms with Crippen LogP contribution < -0.4 is 5.32 Å². The molecule has 1 fully saturated rings. The summed E-state index contributed by atoms with van der Waals surface area (Å²) < 4.78 is 11.4. The molecule has 1 saturated heterocycles. The van der Waals surface area contributed by atoms with E-state index in [9.17, 15) is 30.3 Å². The van der Waals surface area contributed by atoms with Crippen molar-refractivity contribution in [3.63, 3.8) is 0 Å². The highest BCUT2D eigenvalue weighted by Crippen LogP contribution is 2.24. The Bertz CT molecular complexity index is 1140. The van der Waals surface area contributed by atoms with Crippen molar-refractivity contribution in [1.29, 1.82) is 0 Å². The van der Waals surface area contributed by atoms with E-state index >= 15 is 0 Å². The molecule has 6 N–H and O–H groups in total. The largest absolute Gasteiger partial charge is 0.394 e. The Kier molecular flexibility index (Phi) is 54.4. The number of ether oxygens (including phenoxy) is 2. The first-order chi connectivity index (χ1) is 36.8. The summed E-state index contributed by atoms with van der Waals surface area (Å²) in [5.74, 6) is -0.134. The average Bonchev–Trinajstić information content (AvgIpc) is 3.41. The molecule has 1 amide bonds. The van der Waals surface area contributed by atoms with Crippen molar-refractivity contribution in [2.75, 3.05) is 13.2 Å². The molecule has 0 radical (unpaired) electrons. The van der Waals surface area contributed by atoms with Crippen LogP contribution in [0.1, 0.15) is 361 Å². The predicted octanol–water partition coefficient (Wildman–Crippen LogP) is 17.8. The zero-order valence-corrected chi connectivity index (χ0v) is 50.1. The van der Waals surface area contributed by atoms with Gasteiger partial charge in [-0.3, -0.25) is 4.79 Å². The second-order valence-electron chi connectivity index (χ2n) is 24.0. The lowest BCUT2D eigenvalue weighted by Crippen LogP contribution is -2.60. The standard InChI is InChI=1S/C66H131NO8/c1-3-5-7-9-11-13-15-17-19-21-23-25-26-27-28-29-30-31-32-33-34-35-36-37-39-41-43-45-47-49-51-53-55-60(69)59(58-74-66-65(73)64(72)63(71)61(57-68)75-66)67-62(70)56-54-52-50-48-46-44-42-40-38-24-22-20-18-16-14-12-10-8-6-4-2/h59-61,63-66,68-69,71-73H,3-58H2,1-2H3,(H,67,70). The second kappa shape index (κ2) is 56.5. The van der Waals surface area contributed by atoms with Gasteiger partial charge in [-0.25, -0.2) is 0 Å². The number of aliphatic hydroxyl groups is 5. The topological polar surface area (TPSA) is 149 Å². The Morgan fingerprint density at radius 2 is 0.667 bits per heavy atom. The van der Waals surface area contributed by atoms with Crippen LogP contribution >= 0.6 is 0 Å². The van der Waals surface area contributed by atoms with Gasteiger partial charge in [-0.15, -0.1) is 0 Å². The molecule has 1 aliphatic rings. The summed E-state index contributed by atoms with van der Waals surface area (Å²) in [5.41, 5.74) is 0. The molecule has 0 saturated carbocycles. The summed E-state index contributed by atoms with van der Waals surface area (Å²) in [5, 5.41) is 54.9. The van der Waals surface area contributed by atoms with Gasteiger partial charge in [-0.05, 0) is 12.8 Å². The number of carbonyl (C=O) groups excluding carboxylic acids is 1. The number of nitrogens with one attached hydrogen (secondary N) is 1. The maximum atomic E-state index is 13.1. The third-order valence-electron chi connectivity index (χ3n) is 16.7. The van der Waals surface area contributed by atoms with Crippen molar-refractivity contribution in [1.82, 2.24) is 5.32 Å². The van der Waals surface area contributed by atoms with Gasteiger partial charge >= 0.3 is 0 Å². The van der Waals surface area contributed by atoms with Crippen LogP contribution in [-0.4, -0.2) is 87.5 Å². The minimum absolute atomic E-state index is 0.130. The minimum atomic E-state index is -1.55. The van der Waals surface area contributed by atoms with Gasteiger partial charge < -0.3 is 40.3 Å². The van der Waals surface area contributed by atoms with E-state index in [0.717, 1.165) is 38.5 Å². The normalized spacial score (nSPS) is 18.7. The van der Waals surface area contributed by atoms with Gasteiger partial charge in [0.2, 0.25) is 5.91 Å². The number of unbranched alkanes of at least 4 members (excludes halogenated alkanes) is 50. The molecule has 1 aliphatic heterocycles. The maximum absolute atomic E-state index is 13.1. The zero-order chi connectivity index (χ0) is 54.3. The molecule has 7 unspecified atom stereocenters. The SMILES string of the molecule is CCCCCCCCCCCCCCCCCCCCCCCCCCCCCCCCCCC(O)C(COC1OC(CO)C(O)C(O)C1O)NC(=O)CCCCCCCCCCCCCCCCCCCCCC. The molecule has 0 spiro atoms. The van der Waals surface area contributed by atoms with Crippen LogP contribution in [0, 0.1) is 0 Å². The summed E-state index contributed by atoms with van der Waals surface area (Å²) in [7, 11) is 0. The van der Waals surface area contributed by atoms with Crippen LogP contribution in [-0.2, 0) is 14.3 Å². The van der Waals surface area contributed by atoms with Gasteiger partial charge in [-0.1, -0.05) is 341 Å². The molecule has 9 heteroatoms. The highest BCUT2D eigenvalue weighted by Gasteiger charge is 2.44. The number of rotatable bonds is 60. The van der Waals surface area contributed by atoms with Crippen molar-refractivity contribution in [2.24, 2.45) is 0 Å². The van der Waals surface area contributed by atoms with Crippen LogP contribution in [0.4, 0.5) is 0 Å². The molecule has 0 bridgehead atoms. The molecule has 0 aromatic heterocycles. The lowest BCUT2D eigenvalue weighted by Gasteiger charge is -2.40. The Morgan fingerprint density at radius 3 is 0.947 bits per heavy atom. The molecule has 448 valence electrons. The monoisotopic (exact) mass is 1070 g/mol. The van der Waals surface area contributed by atoms with Crippen molar-refractivity contribution < 1.29 is 39.8 Å². The lowest BCUT2D eigenvalue weighted by molar-refractivity contribution is -0.302. The zero-order valence-electron chi connectivity index (χ0n) is 50.1. The highest BCUT2D eigenvalue weighted by atomic mass is 16.7. The minimum Gasteiger partial charge on any atom is -0.394 e. The van der Waals surface area contributed by atoms with Gasteiger partial charge in [0.25, 0.3) is 0 Å². The molecule has 1 rings (SSSR count). The summed E-state index contributed by atoms with van der Waals surface area (Å²) in [6.07, 6.45) is 63.1. The van der Waals surface area contributed by atoms with Crippen LogP contribution in [0.15, 0.2) is 0 Å². The molecule has 0 aromatic rings. The number of hydrogen-bond donors (Lipinski definition) is 6. The van der Waals surface area contributed by atoms with E-state index in [2.05, 4.69) is 19.2 Å². The number of amides is 1. The quantitative estimate of drug-likeness (QED) is 0.0330. The van der Waals surface area contributed by atoms with Gasteiger partial charge in [0.05, 0.1) is 25.4 Å². The van der Waals surface area contributed by atoms with Crippen LogP contribution in [0.25, 0.3) is 0 Å². The average molecular weight is 1070 g/mol. The van der Waals surface area contributed by atoms with Crippen LogP contribution in [0.5, 0.6) is 0 Å². The van der Waals surface area contributed by atoms with Gasteiger partial charge in [-0.2, -0.15) is 0 Å². The van der Waals surface area contributed by atoms with Gasteiger partial charge in [0.1, 0.15) is 24.4 Å². The fraction of sp³-hybridized carbons (Fsp3) is 0.985. The molecular formula is C66H131NO8. The third kappa shape index (κ3) is 45.6.